The third-order valence-electron chi connectivity index (χ3n) is 4.04. The van der Waals surface area contributed by atoms with Gasteiger partial charge in [0.05, 0.1) is 31.9 Å². The monoisotopic (exact) mass is 460 g/mol. The summed E-state index contributed by atoms with van der Waals surface area (Å²) in [6, 6.07) is 3.11. The number of amides is 2. The lowest BCUT2D eigenvalue weighted by molar-refractivity contribution is 0.134. The summed E-state index contributed by atoms with van der Waals surface area (Å²) in [7, 11) is 1.24. The van der Waals surface area contributed by atoms with E-state index in [9.17, 15) is 23.5 Å². The van der Waals surface area contributed by atoms with Crippen molar-refractivity contribution in [3.05, 3.63) is 24.0 Å². The Bertz CT molecular complexity index is 735. The van der Waals surface area contributed by atoms with E-state index in [0.29, 0.717) is 0 Å². The molecule has 1 aromatic rings. The summed E-state index contributed by atoms with van der Waals surface area (Å²) in [5, 5.41) is 9.25. The van der Waals surface area contributed by atoms with Gasteiger partial charge in [0, 0.05) is 6.42 Å². The van der Waals surface area contributed by atoms with Gasteiger partial charge in [0.25, 0.3) is 0 Å². The van der Waals surface area contributed by atoms with Gasteiger partial charge in [-0.3, -0.25) is 4.90 Å². The number of likely N-dealkylation sites (tertiary alicyclic amines) is 1. The molecule has 0 saturated carbocycles. The zero-order valence-electron chi connectivity index (χ0n) is 14.6. The predicted molar refractivity (Wildman–Crippen MR) is 100.0 cm³/mol. The zero-order chi connectivity index (χ0) is 21.1. The fourth-order valence-electron chi connectivity index (χ4n) is 2.84. The van der Waals surface area contributed by atoms with Gasteiger partial charge in [-0.25, -0.2) is 18.4 Å². The smallest absolute Gasteiger partial charge is 0.414 e. The zero-order valence-corrected chi connectivity index (χ0v) is 16.8. The van der Waals surface area contributed by atoms with Crippen molar-refractivity contribution in [2.24, 2.45) is 0 Å². The Morgan fingerprint density at radius 2 is 2.07 bits per heavy atom. The van der Waals surface area contributed by atoms with E-state index in [4.69, 9.17) is 44.3 Å². The Labute approximate surface area is 174 Å². The third-order valence-corrected chi connectivity index (χ3v) is 4.36. The molecule has 1 saturated heterocycles. The molecule has 1 heterocycles. The normalized spacial score (nSPS) is 19.4. The average molecular weight is 462 g/mol. The first-order valence-electron chi connectivity index (χ1n) is 8.00. The van der Waals surface area contributed by atoms with Crippen molar-refractivity contribution in [2.75, 3.05) is 31.7 Å². The molecule has 0 aromatic heterocycles. The Morgan fingerprint density at radius 1 is 1.39 bits per heavy atom. The number of halogens is 5. The highest BCUT2D eigenvalue weighted by molar-refractivity contribution is 6.67. The van der Waals surface area contributed by atoms with Crippen LogP contribution in [0.3, 0.4) is 0 Å². The van der Waals surface area contributed by atoms with Crippen LogP contribution in [0, 0.1) is 5.82 Å². The second kappa shape index (κ2) is 9.19. The van der Waals surface area contributed by atoms with Crippen LogP contribution >= 0.6 is 34.8 Å². The number of ether oxygens (including phenoxy) is 2. The molecule has 7 nitrogen and oxygen atoms in total. The maximum absolute atomic E-state index is 14.7. The van der Waals surface area contributed by atoms with Crippen molar-refractivity contribution in [3.8, 4) is 5.75 Å². The molecule has 12 heteroatoms. The summed E-state index contributed by atoms with van der Waals surface area (Å²) in [5.74, 6) is -1.03. The number of rotatable bonds is 5. The number of nitrogens with zero attached hydrogens (tertiary/aromatic N) is 2. The van der Waals surface area contributed by atoms with E-state index < -0.39 is 40.6 Å². The van der Waals surface area contributed by atoms with Crippen molar-refractivity contribution in [2.45, 2.75) is 22.4 Å². The summed E-state index contributed by atoms with van der Waals surface area (Å²) in [4.78, 5) is 25.6. The maximum Gasteiger partial charge on any atom is 0.414 e. The summed E-state index contributed by atoms with van der Waals surface area (Å²) in [6.45, 7) is -1.34. The minimum atomic E-state index is -1.90. The van der Waals surface area contributed by atoms with E-state index in [-0.39, 0.29) is 30.9 Å². The molecule has 0 unspecified atom stereocenters. The summed E-state index contributed by atoms with van der Waals surface area (Å²) < 4.78 is 36.4. The van der Waals surface area contributed by atoms with Gasteiger partial charge in [-0.15, -0.1) is 0 Å². The Balaban J connectivity index is 2.34. The van der Waals surface area contributed by atoms with Crippen LogP contribution in [0.15, 0.2) is 18.2 Å². The number of alkyl halides is 4. The lowest BCUT2D eigenvalue weighted by Gasteiger charge is -2.29. The van der Waals surface area contributed by atoms with Crippen molar-refractivity contribution in [1.29, 1.82) is 0 Å². The topological polar surface area (TPSA) is 79.3 Å². The molecule has 1 aliphatic heterocycles. The largest absolute Gasteiger partial charge is 0.494 e. The van der Waals surface area contributed by atoms with Crippen LogP contribution in [0.5, 0.6) is 5.75 Å². The lowest BCUT2D eigenvalue weighted by Crippen LogP contribution is -2.46. The van der Waals surface area contributed by atoms with Gasteiger partial charge in [0.2, 0.25) is 3.79 Å². The van der Waals surface area contributed by atoms with E-state index in [1.54, 1.807) is 0 Å². The molecule has 1 N–H and O–H groups in total. The summed E-state index contributed by atoms with van der Waals surface area (Å²) in [6.07, 6.45) is -4.01. The number of methoxy groups -OCH3 is 1. The molecular formula is C16H17Cl3F2N2O5. The number of carbonyl (C=O) groups is 2. The van der Waals surface area contributed by atoms with Gasteiger partial charge in [-0.05, 0) is 12.1 Å². The molecule has 28 heavy (non-hydrogen) atoms. The molecule has 1 fully saturated rings. The first-order valence-corrected chi connectivity index (χ1v) is 9.14. The molecule has 0 spiro atoms. The molecule has 0 bridgehead atoms. The van der Waals surface area contributed by atoms with Crippen LogP contribution in [-0.4, -0.2) is 65.0 Å². The first kappa shape index (κ1) is 22.6. The Morgan fingerprint density at radius 3 is 2.64 bits per heavy atom. The van der Waals surface area contributed by atoms with E-state index in [1.165, 1.54) is 25.3 Å². The fraction of sp³-hybridized carbons (Fsp3) is 0.500. The highest BCUT2D eigenvalue weighted by atomic mass is 35.6. The molecule has 1 aromatic carbocycles. The Kier molecular flexibility index (Phi) is 7.41. The molecule has 2 rings (SSSR count). The van der Waals surface area contributed by atoms with Crippen molar-refractivity contribution in [1.82, 2.24) is 4.90 Å². The highest BCUT2D eigenvalue weighted by Gasteiger charge is 2.39. The van der Waals surface area contributed by atoms with E-state index >= 15 is 0 Å². The average Bonchev–Trinajstić information content (AvgIpc) is 2.98. The van der Waals surface area contributed by atoms with Gasteiger partial charge in [-0.2, -0.15) is 0 Å². The highest BCUT2D eigenvalue weighted by Crippen LogP contribution is 2.31. The summed E-state index contributed by atoms with van der Waals surface area (Å²) >= 11 is 16.7. The van der Waals surface area contributed by atoms with Gasteiger partial charge >= 0.3 is 12.2 Å². The second-order valence-electron chi connectivity index (χ2n) is 6.00. The minimum Gasteiger partial charge on any atom is -0.494 e. The van der Waals surface area contributed by atoms with E-state index in [2.05, 4.69) is 0 Å². The number of carbonyl (C=O) groups excluding carboxylic acids is 1. The second-order valence-corrected chi connectivity index (χ2v) is 8.51. The quantitative estimate of drug-likeness (QED) is 0.664. The van der Waals surface area contributed by atoms with Crippen LogP contribution in [0.25, 0.3) is 0 Å². The molecule has 2 amide bonds. The van der Waals surface area contributed by atoms with Crippen molar-refractivity contribution >= 4 is 52.7 Å². The molecular weight excluding hydrogens is 445 g/mol. The number of carboxylic acid groups (broad SMARTS) is 1. The van der Waals surface area contributed by atoms with E-state index in [1.807, 2.05) is 0 Å². The van der Waals surface area contributed by atoms with Gasteiger partial charge in [-0.1, -0.05) is 40.9 Å². The first-order chi connectivity index (χ1) is 13.0. The number of hydrogen-bond donors (Lipinski definition) is 1. The fourth-order valence-corrected chi connectivity index (χ4v) is 3.00. The van der Waals surface area contributed by atoms with Crippen LogP contribution < -0.4 is 9.64 Å². The number of anilines is 1. The van der Waals surface area contributed by atoms with Gasteiger partial charge in [0.1, 0.15) is 12.8 Å². The molecule has 156 valence electrons. The predicted octanol–water partition coefficient (Wildman–Crippen LogP) is 4.24. The van der Waals surface area contributed by atoms with Crippen LogP contribution in [-0.2, 0) is 4.74 Å². The minimum absolute atomic E-state index is 0.151. The standard InChI is InChI=1S/C16H17Cl3F2N2O5/c1-27-12-4-2-3-11(13(12)21)23(15(26)28-8-16(17,18)19)7-10-5-9(20)6-22(10)14(24)25/h2-4,9-10H,5-8H2,1H3,(H,24,25)/t9-,10+/m1/s1. The molecule has 0 radical (unpaired) electrons. The van der Waals surface area contributed by atoms with Crippen LogP contribution in [0.2, 0.25) is 0 Å². The van der Waals surface area contributed by atoms with E-state index in [0.717, 1.165) is 9.80 Å². The van der Waals surface area contributed by atoms with Gasteiger partial charge in [0.15, 0.2) is 11.6 Å². The third kappa shape index (κ3) is 5.65. The van der Waals surface area contributed by atoms with Crippen LogP contribution in [0.4, 0.5) is 24.1 Å². The number of hydrogen-bond acceptors (Lipinski definition) is 4. The van der Waals surface area contributed by atoms with Crippen molar-refractivity contribution in [3.63, 3.8) is 0 Å². The molecule has 0 aliphatic carbocycles. The molecule has 1 aliphatic rings. The maximum atomic E-state index is 14.7. The number of benzene rings is 1. The molecule has 2 atom stereocenters. The lowest BCUT2D eigenvalue weighted by atomic mass is 10.1. The summed E-state index contributed by atoms with van der Waals surface area (Å²) in [5.41, 5.74) is -0.249. The van der Waals surface area contributed by atoms with Crippen molar-refractivity contribution < 1.29 is 33.0 Å². The van der Waals surface area contributed by atoms with Gasteiger partial charge < -0.3 is 19.5 Å². The SMILES string of the molecule is COc1cccc(N(C[C@@H]2C[C@@H](F)CN2C(=O)O)C(=O)OCC(Cl)(Cl)Cl)c1F. The Hall–Kier alpha value is -1.71. The van der Waals surface area contributed by atoms with Crippen LogP contribution in [0.1, 0.15) is 6.42 Å².